The zero-order valence-electron chi connectivity index (χ0n) is 17.0. The molecule has 1 atom stereocenters. The molecule has 1 rings (SSSR count). The van der Waals surface area contributed by atoms with Gasteiger partial charge in [-0.25, -0.2) is 0 Å². The van der Waals surface area contributed by atoms with Gasteiger partial charge in [-0.1, -0.05) is 108 Å². The van der Waals surface area contributed by atoms with Crippen LogP contribution >= 0.6 is 12.4 Å². The summed E-state index contributed by atoms with van der Waals surface area (Å²) in [5.74, 6) is 0. The first-order chi connectivity index (χ1) is 11.7. The number of nitrogens with zero attached hydrogens (tertiary/aromatic N) is 1. The number of hydrogen-bond acceptors (Lipinski definition) is 1. The van der Waals surface area contributed by atoms with Crippen molar-refractivity contribution in [1.29, 1.82) is 0 Å². The number of unbranched alkanes of at least 4 members (excludes halogenated alkanes) is 10. The van der Waals surface area contributed by atoms with E-state index in [2.05, 4.69) is 56.3 Å². The molecule has 0 N–H and O–H groups in total. The molecule has 1 nitrogen and oxygen atoms in total. The highest BCUT2D eigenvalue weighted by atomic mass is 35.5. The molecule has 2 heteroatoms. The standard InChI is InChI=1S/C23H41N.ClH/c1-4-5-6-7-8-9-10-11-12-13-17-20-23(24(2)3)21-22-18-15-14-16-19-22;/h14-16,18-19,23H,4-13,17,20-21H2,1-3H3;1H. The van der Waals surface area contributed by atoms with Gasteiger partial charge in [0, 0.05) is 6.04 Å². The van der Waals surface area contributed by atoms with Crippen molar-refractivity contribution in [3.8, 4) is 0 Å². The van der Waals surface area contributed by atoms with Crippen LogP contribution in [0.4, 0.5) is 0 Å². The van der Waals surface area contributed by atoms with Crippen molar-refractivity contribution in [3.05, 3.63) is 35.9 Å². The second kappa shape index (κ2) is 16.9. The highest BCUT2D eigenvalue weighted by Crippen LogP contribution is 2.16. The lowest BCUT2D eigenvalue weighted by Crippen LogP contribution is -2.30. The summed E-state index contributed by atoms with van der Waals surface area (Å²) in [5.41, 5.74) is 1.47. The molecule has 25 heavy (non-hydrogen) atoms. The normalized spacial score (nSPS) is 12.2. The number of likely N-dealkylation sites (N-methyl/N-ethyl adjacent to an activating group) is 1. The van der Waals surface area contributed by atoms with E-state index in [0.717, 1.165) is 0 Å². The molecule has 0 saturated carbocycles. The molecule has 1 unspecified atom stereocenters. The first kappa shape index (κ1) is 24.5. The Balaban J connectivity index is 0.00000576. The van der Waals surface area contributed by atoms with Gasteiger partial charge in [0.05, 0.1) is 0 Å². The van der Waals surface area contributed by atoms with Crippen molar-refractivity contribution in [2.24, 2.45) is 0 Å². The summed E-state index contributed by atoms with van der Waals surface area (Å²) in [5, 5.41) is 0. The molecule has 0 aliphatic carbocycles. The Kier molecular flexibility index (Phi) is 16.6. The van der Waals surface area contributed by atoms with Crippen molar-refractivity contribution in [2.75, 3.05) is 14.1 Å². The summed E-state index contributed by atoms with van der Waals surface area (Å²) in [7, 11) is 4.46. The van der Waals surface area contributed by atoms with E-state index in [0.29, 0.717) is 6.04 Å². The molecule has 0 radical (unpaired) electrons. The fraction of sp³-hybridized carbons (Fsp3) is 0.739. The third-order valence-electron chi connectivity index (χ3n) is 5.19. The molecule has 0 aliphatic heterocycles. The lowest BCUT2D eigenvalue weighted by molar-refractivity contribution is 0.269. The largest absolute Gasteiger partial charge is 0.306 e. The van der Waals surface area contributed by atoms with Crippen LogP contribution in [0.1, 0.15) is 89.5 Å². The van der Waals surface area contributed by atoms with Gasteiger partial charge in [-0.3, -0.25) is 0 Å². The van der Waals surface area contributed by atoms with E-state index in [1.807, 2.05) is 0 Å². The quantitative estimate of drug-likeness (QED) is 0.294. The van der Waals surface area contributed by atoms with E-state index in [1.165, 1.54) is 89.0 Å². The van der Waals surface area contributed by atoms with Gasteiger partial charge in [-0.05, 0) is 32.5 Å². The predicted molar refractivity (Wildman–Crippen MR) is 116 cm³/mol. The van der Waals surface area contributed by atoms with Gasteiger partial charge in [0.2, 0.25) is 0 Å². The van der Waals surface area contributed by atoms with Crippen LogP contribution < -0.4 is 0 Å². The summed E-state index contributed by atoms with van der Waals surface area (Å²) >= 11 is 0. The number of benzene rings is 1. The van der Waals surface area contributed by atoms with E-state index < -0.39 is 0 Å². The SMILES string of the molecule is CCCCCCCCCCCCCC(Cc1ccccc1)N(C)C.Cl. The van der Waals surface area contributed by atoms with E-state index >= 15 is 0 Å². The monoisotopic (exact) mass is 367 g/mol. The molecule has 146 valence electrons. The van der Waals surface area contributed by atoms with E-state index in [9.17, 15) is 0 Å². The molecule has 0 bridgehead atoms. The molecule has 0 spiro atoms. The lowest BCUT2D eigenvalue weighted by atomic mass is 9.98. The Bertz CT molecular complexity index is 377. The van der Waals surface area contributed by atoms with Gasteiger partial charge < -0.3 is 4.90 Å². The Hall–Kier alpha value is -0.530. The fourth-order valence-electron chi connectivity index (χ4n) is 3.47. The summed E-state index contributed by atoms with van der Waals surface area (Å²) < 4.78 is 0. The zero-order valence-corrected chi connectivity index (χ0v) is 17.8. The van der Waals surface area contributed by atoms with E-state index in [-0.39, 0.29) is 12.4 Å². The third kappa shape index (κ3) is 13.3. The maximum Gasteiger partial charge on any atom is 0.0130 e. The number of hydrogen-bond donors (Lipinski definition) is 0. The third-order valence-corrected chi connectivity index (χ3v) is 5.19. The van der Waals surface area contributed by atoms with Gasteiger partial charge >= 0.3 is 0 Å². The Morgan fingerprint density at radius 3 is 1.68 bits per heavy atom. The minimum atomic E-state index is 0. The molecule has 1 aromatic carbocycles. The minimum Gasteiger partial charge on any atom is -0.306 e. The molecule has 0 amide bonds. The zero-order chi connectivity index (χ0) is 17.5. The number of rotatable bonds is 15. The van der Waals surface area contributed by atoms with Gasteiger partial charge in [-0.2, -0.15) is 0 Å². The molecule has 1 aromatic rings. The van der Waals surface area contributed by atoms with Crippen LogP contribution in [-0.2, 0) is 6.42 Å². The van der Waals surface area contributed by atoms with Crippen molar-refractivity contribution in [3.63, 3.8) is 0 Å². The fourth-order valence-corrected chi connectivity index (χ4v) is 3.47. The van der Waals surface area contributed by atoms with Crippen LogP contribution in [0, 0.1) is 0 Å². The Labute approximate surface area is 164 Å². The van der Waals surface area contributed by atoms with Crippen molar-refractivity contribution in [1.82, 2.24) is 4.90 Å². The predicted octanol–water partition coefficient (Wildman–Crippen LogP) is 7.28. The molecule has 0 fully saturated rings. The average molecular weight is 368 g/mol. The van der Waals surface area contributed by atoms with Crippen LogP contribution in [0.2, 0.25) is 0 Å². The van der Waals surface area contributed by atoms with Gasteiger partial charge in [-0.15, -0.1) is 12.4 Å². The summed E-state index contributed by atoms with van der Waals surface area (Å²) in [4.78, 5) is 2.41. The maximum absolute atomic E-state index is 2.41. The highest BCUT2D eigenvalue weighted by molar-refractivity contribution is 5.85. The molecule has 0 heterocycles. The Morgan fingerprint density at radius 1 is 0.720 bits per heavy atom. The molecular weight excluding hydrogens is 326 g/mol. The second-order valence-electron chi connectivity index (χ2n) is 7.63. The van der Waals surface area contributed by atoms with Crippen LogP contribution in [0.5, 0.6) is 0 Å². The minimum absolute atomic E-state index is 0. The van der Waals surface area contributed by atoms with Crippen molar-refractivity contribution < 1.29 is 0 Å². The molecular formula is C23H42ClN. The van der Waals surface area contributed by atoms with Crippen LogP contribution in [-0.4, -0.2) is 25.0 Å². The molecule has 0 aliphatic rings. The number of halogens is 1. The van der Waals surface area contributed by atoms with Gasteiger partial charge in [0.1, 0.15) is 0 Å². The highest BCUT2D eigenvalue weighted by Gasteiger charge is 2.11. The first-order valence-electron chi connectivity index (χ1n) is 10.4. The summed E-state index contributed by atoms with van der Waals surface area (Å²) in [6.07, 6.45) is 18.2. The van der Waals surface area contributed by atoms with Crippen LogP contribution in [0.25, 0.3) is 0 Å². The summed E-state index contributed by atoms with van der Waals surface area (Å²) in [6.45, 7) is 2.29. The van der Waals surface area contributed by atoms with E-state index in [4.69, 9.17) is 0 Å². The van der Waals surface area contributed by atoms with Crippen LogP contribution in [0.15, 0.2) is 30.3 Å². The average Bonchev–Trinajstić information content (AvgIpc) is 2.59. The molecule has 0 saturated heterocycles. The lowest BCUT2D eigenvalue weighted by Gasteiger charge is -2.24. The van der Waals surface area contributed by atoms with Crippen LogP contribution in [0.3, 0.4) is 0 Å². The molecule has 0 aromatic heterocycles. The topological polar surface area (TPSA) is 3.24 Å². The summed E-state index contributed by atoms with van der Waals surface area (Å²) in [6, 6.07) is 11.6. The first-order valence-corrected chi connectivity index (χ1v) is 10.4. The smallest absolute Gasteiger partial charge is 0.0130 e. The maximum atomic E-state index is 2.41. The second-order valence-corrected chi connectivity index (χ2v) is 7.63. The van der Waals surface area contributed by atoms with Gasteiger partial charge in [0.25, 0.3) is 0 Å². The van der Waals surface area contributed by atoms with Gasteiger partial charge in [0.15, 0.2) is 0 Å². The Morgan fingerprint density at radius 2 is 1.20 bits per heavy atom. The van der Waals surface area contributed by atoms with Crippen molar-refractivity contribution in [2.45, 2.75) is 96.4 Å². The van der Waals surface area contributed by atoms with E-state index in [1.54, 1.807) is 0 Å². The van der Waals surface area contributed by atoms with Crippen molar-refractivity contribution >= 4 is 12.4 Å².